The molecule has 0 fully saturated rings. The normalized spacial score (nSPS) is 10.6. The van der Waals surface area contributed by atoms with Gasteiger partial charge >= 0.3 is 0 Å². The summed E-state index contributed by atoms with van der Waals surface area (Å²) in [6.07, 6.45) is 3.57. The Morgan fingerprint density at radius 2 is 2.43 bits per heavy atom. The Hall–Kier alpha value is -1.76. The summed E-state index contributed by atoms with van der Waals surface area (Å²) in [7, 11) is 0. The smallest absolute Gasteiger partial charge is 0.248 e. The van der Waals surface area contributed by atoms with Gasteiger partial charge in [-0.3, -0.25) is 0 Å². The largest absolute Gasteiger partial charge is 0.396 e. The molecule has 2 heterocycles. The Morgan fingerprint density at radius 3 is 3.14 bits per heavy atom. The van der Waals surface area contributed by atoms with Crippen LogP contribution >= 0.6 is 0 Å². The fraction of sp³-hybridized carbons (Fsp3) is 0.429. The molecule has 0 bridgehead atoms. The topological polar surface area (TPSA) is 89.9 Å². The molecule has 0 aliphatic rings. The minimum atomic E-state index is 0.0687. The molecule has 2 aromatic rings. The third-order valence-corrected chi connectivity index (χ3v) is 1.66. The molecule has 74 valence electrons. The SMILES string of the molecule is OCCc1cn(Cc2ncno2)nn1. The van der Waals surface area contributed by atoms with Crippen LogP contribution in [0.15, 0.2) is 17.0 Å². The Bertz CT molecular complexity index is 382. The second-order valence-electron chi connectivity index (χ2n) is 2.72. The maximum Gasteiger partial charge on any atom is 0.248 e. The van der Waals surface area contributed by atoms with E-state index in [9.17, 15) is 0 Å². The molecular weight excluding hydrogens is 186 g/mol. The lowest BCUT2D eigenvalue weighted by Gasteiger charge is -1.91. The van der Waals surface area contributed by atoms with Gasteiger partial charge in [0.15, 0.2) is 6.33 Å². The number of aromatic nitrogens is 5. The van der Waals surface area contributed by atoms with Crippen molar-refractivity contribution in [2.45, 2.75) is 13.0 Å². The predicted molar refractivity (Wildman–Crippen MR) is 44.2 cm³/mol. The summed E-state index contributed by atoms with van der Waals surface area (Å²) >= 11 is 0. The van der Waals surface area contributed by atoms with Crippen LogP contribution in [0.5, 0.6) is 0 Å². The van der Waals surface area contributed by atoms with Gasteiger partial charge in [0.25, 0.3) is 0 Å². The predicted octanol–water partition coefficient (Wildman–Crippen LogP) is -0.756. The fourth-order valence-corrected chi connectivity index (χ4v) is 1.05. The van der Waals surface area contributed by atoms with Crippen LogP contribution in [0, 0.1) is 0 Å². The number of aliphatic hydroxyl groups is 1. The molecule has 14 heavy (non-hydrogen) atoms. The average Bonchev–Trinajstić information content (AvgIpc) is 2.79. The summed E-state index contributed by atoms with van der Waals surface area (Å²) < 4.78 is 6.39. The third-order valence-electron chi connectivity index (χ3n) is 1.66. The summed E-state index contributed by atoms with van der Waals surface area (Å²) in [6, 6.07) is 0. The van der Waals surface area contributed by atoms with E-state index < -0.39 is 0 Å². The minimum absolute atomic E-state index is 0.0687. The molecule has 0 spiro atoms. The van der Waals surface area contributed by atoms with Crippen LogP contribution in [0.2, 0.25) is 0 Å². The van der Waals surface area contributed by atoms with Gasteiger partial charge in [0.05, 0.1) is 5.69 Å². The highest BCUT2D eigenvalue weighted by Gasteiger charge is 2.03. The second-order valence-corrected chi connectivity index (χ2v) is 2.72. The summed E-state index contributed by atoms with van der Waals surface area (Å²) in [4.78, 5) is 3.85. The molecule has 0 saturated heterocycles. The maximum atomic E-state index is 8.67. The average molecular weight is 195 g/mol. The second kappa shape index (κ2) is 3.97. The molecule has 7 nitrogen and oxygen atoms in total. The van der Waals surface area contributed by atoms with Gasteiger partial charge in [0, 0.05) is 19.2 Å². The van der Waals surface area contributed by atoms with E-state index in [1.54, 1.807) is 10.9 Å². The highest BCUT2D eigenvalue weighted by atomic mass is 16.5. The highest BCUT2D eigenvalue weighted by Crippen LogP contribution is 1.98. The first-order valence-corrected chi connectivity index (χ1v) is 4.14. The molecular formula is C7H9N5O2. The number of hydrogen-bond acceptors (Lipinski definition) is 6. The molecule has 7 heteroatoms. The van der Waals surface area contributed by atoms with Crippen molar-refractivity contribution in [1.29, 1.82) is 0 Å². The maximum absolute atomic E-state index is 8.67. The van der Waals surface area contributed by atoms with E-state index in [1.165, 1.54) is 6.33 Å². The van der Waals surface area contributed by atoms with Crippen molar-refractivity contribution >= 4 is 0 Å². The fourth-order valence-electron chi connectivity index (χ4n) is 1.05. The van der Waals surface area contributed by atoms with Crippen molar-refractivity contribution in [2.24, 2.45) is 0 Å². The van der Waals surface area contributed by atoms with E-state index in [1.807, 2.05) is 0 Å². The van der Waals surface area contributed by atoms with E-state index in [0.29, 0.717) is 18.9 Å². The van der Waals surface area contributed by atoms with Crippen LogP contribution < -0.4 is 0 Å². The summed E-state index contributed by atoms with van der Waals surface area (Å²) in [5.74, 6) is 0.477. The standard InChI is InChI=1S/C7H9N5O2/c13-2-1-6-3-12(11-10-6)4-7-8-5-9-14-7/h3,5,13H,1-2,4H2. The van der Waals surface area contributed by atoms with E-state index in [-0.39, 0.29) is 6.61 Å². The highest BCUT2D eigenvalue weighted by molar-refractivity contribution is 4.93. The van der Waals surface area contributed by atoms with Crippen molar-refractivity contribution in [1.82, 2.24) is 25.1 Å². The van der Waals surface area contributed by atoms with Gasteiger partial charge in [-0.05, 0) is 0 Å². The van der Waals surface area contributed by atoms with E-state index in [2.05, 4.69) is 20.5 Å². The Balaban J connectivity index is 2.03. The van der Waals surface area contributed by atoms with Crippen LogP contribution in [0.1, 0.15) is 11.6 Å². The van der Waals surface area contributed by atoms with Gasteiger partial charge in [-0.1, -0.05) is 10.4 Å². The molecule has 0 atom stereocenters. The summed E-state index contributed by atoms with van der Waals surface area (Å²) in [5, 5.41) is 19.8. The summed E-state index contributed by atoms with van der Waals surface area (Å²) in [5.41, 5.74) is 0.743. The quantitative estimate of drug-likeness (QED) is 0.690. The lowest BCUT2D eigenvalue weighted by atomic mass is 10.3. The van der Waals surface area contributed by atoms with Crippen LogP contribution in [-0.2, 0) is 13.0 Å². The van der Waals surface area contributed by atoms with E-state index in [4.69, 9.17) is 9.63 Å². The van der Waals surface area contributed by atoms with Crippen LogP contribution in [0.4, 0.5) is 0 Å². The molecule has 0 aromatic carbocycles. The van der Waals surface area contributed by atoms with Crippen molar-refractivity contribution in [2.75, 3.05) is 6.61 Å². The Labute approximate surface area is 79.4 Å². The van der Waals surface area contributed by atoms with Gasteiger partial charge in [0.1, 0.15) is 6.54 Å². The Morgan fingerprint density at radius 1 is 1.50 bits per heavy atom. The van der Waals surface area contributed by atoms with Gasteiger partial charge in [-0.2, -0.15) is 4.98 Å². The van der Waals surface area contributed by atoms with E-state index in [0.717, 1.165) is 5.69 Å². The van der Waals surface area contributed by atoms with Crippen molar-refractivity contribution in [3.05, 3.63) is 24.1 Å². The van der Waals surface area contributed by atoms with Crippen LogP contribution in [-0.4, -0.2) is 36.8 Å². The minimum Gasteiger partial charge on any atom is -0.396 e. The summed E-state index contributed by atoms with van der Waals surface area (Å²) in [6.45, 7) is 0.470. The number of rotatable bonds is 4. The van der Waals surface area contributed by atoms with Gasteiger partial charge in [-0.15, -0.1) is 5.10 Å². The van der Waals surface area contributed by atoms with Crippen molar-refractivity contribution in [3.8, 4) is 0 Å². The Kier molecular flexibility index (Phi) is 2.50. The molecule has 0 radical (unpaired) electrons. The molecule has 0 amide bonds. The van der Waals surface area contributed by atoms with E-state index >= 15 is 0 Å². The van der Waals surface area contributed by atoms with Crippen LogP contribution in [0.3, 0.4) is 0 Å². The zero-order valence-corrected chi connectivity index (χ0v) is 7.37. The first-order chi connectivity index (χ1) is 6.88. The third kappa shape index (κ3) is 1.94. The molecule has 0 aliphatic carbocycles. The molecule has 2 rings (SSSR count). The number of aliphatic hydroxyl groups excluding tert-OH is 1. The zero-order valence-electron chi connectivity index (χ0n) is 7.37. The molecule has 0 unspecified atom stereocenters. The van der Waals surface area contributed by atoms with Gasteiger partial charge in [-0.25, -0.2) is 4.68 Å². The molecule has 2 aromatic heterocycles. The molecule has 0 saturated carbocycles. The lowest BCUT2D eigenvalue weighted by molar-refractivity contribution is 0.298. The monoisotopic (exact) mass is 195 g/mol. The number of nitrogens with zero attached hydrogens (tertiary/aromatic N) is 5. The first-order valence-electron chi connectivity index (χ1n) is 4.14. The van der Waals surface area contributed by atoms with Crippen molar-refractivity contribution < 1.29 is 9.63 Å². The van der Waals surface area contributed by atoms with Gasteiger partial charge in [0.2, 0.25) is 5.89 Å². The molecule has 0 aliphatic heterocycles. The zero-order chi connectivity index (χ0) is 9.80. The lowest BCUT2D eigenvalue weighted by Crippen LogP contribution is -2.00. The van der Waals surface area contributed by atoms with Crippen LogP contribution in [0.25, 0.3) is 0 Å². The van der Waals surface area contributed by atoms with Gasteiger partial charge < -0.3 is 9.63 Å². The first kappa shape index (κ1) is 8.82. The molecule has 1 N–H and O–H groups in total. The number of hydrogen-bond donors (Lipinski definition) is 1. The van der Waals surface area contributed by atoms with Crippen molar-refractivity contribution in [3.63, 3.8) is 0 Å².